The molecule has 0 amide bonds. The van der Waals surface area contributed by atoms with Crippen LogP contribution in [0.15, 0.2) is 6.20 Å². The van der Waals surface area contributed by atoms with Crippen molar-refractivity contribution in [2.24, 2.45) is 5.92 Å². The summed E-state index contributed by atoms with van der Waals surface area (Å²) in [4.78, 5) is 10.6. The third-order valence-corrected chi connectivity index (χ3v) is 2.13. The zero-order valence-electron chi connectivity index (χ0n) is 9.60. The van der Waals surface area contributed by atoms with E-state index in [1.54, 1.807) is 6.20 Å². The van der Waals surface area contributed by atoms with E-state index >= 15 is 0 Å². The lowest BCUT2D eigenvalue weighted by atomic mass is 10.1. The van der Waals surface area contributed by atoms with Crippen molar-refractivity contribution in [2.75, 3.05) is 0 Å². The van der Waals surface area contributed by atoms with Gasteiger partial charge in [0.15, 0.2) is 0 Å². The Morgan fingerprint density at radius 3 is 2.47 bits per heavy atom. The molecule has 0 spiro atoms. The molecule has 1 aromatic rings. The van der Waals surface area contributed by atoms with Gasteiger partial charge in [0.2, 0.25) is 0 Å². The lowest BCUT2D eigenvalue weighted by Crippen LogP contribution is -2.08. The summed E-state index contributed by atoms with van der Waals surface area (Å²) in [6, 6.07) is 0.0197. The van der Waals surface area contributed by atoms with E-state index in [2.05, 4.69) is 5.10 Å². The highest BCUT2D eigenvalue weighted by Gasteiger charge is 2.23. The second-order valence-corrected chi connectivity index (χ2v) is 4.39. The first kappa shape index (κ1) is 11.7. The van der Waals surface area contributed by atoms with Crippen LogP contribution in [-0.4, -0.2) is 14.7 Å². The van der Waals surface area contributed by atoms with Crippen LogP contribution in [-0.2, 0) is 6.42 Å². The summed E-state index contributed by atoms with van der Waals surface area (Å²) in [5, 5.41) is 15.0. The van der Waals surface area contributed by atoms with Gasteiger partial charge in [0.1, 0.15) is 6.04 Å². The van der Waals surface area contributed by atoms with Crippen LogP contribution >= 0.6 is 0 Å². The molecular formula is C10H17N3O2. The number of hydrogen-bond donors (Lipinski definition) is 0. The molecule has 0 radical (unpaired) electrons. The van der Waals surface area contributed by atoms with Gasteiger partial charge in [-0.1, -0.05) is 18.9 Å². The van der Waals surface area contributed by atoms with Crippen LogP contribution in [0.25, 0.3) is 0 Å². The van der Waals surface area contributed by atoms with Crippen molar-refractivity contribution in [1.29, 1.82) is 0 Å². The van der Waals surface area contributed by atoms with Gasteiger partial charge >= 0.3 is 5.82 Å². The molecule has 1 aromatic heterocycles. The predicted molar refractivity (Wildman–Crippen MR) is 57.8 cm³/mol. The Labute approximate surface area is 89.2 Å². The summed E-state index contributed by atoms with van der Waals surface area (Å²) >= 11 is 0. The summed E-state index contributed by atoms with van der Waals surface area (Å²) in [6.07, 6.45) is 2.31. The van der Waals surface area contributed by atoms with Gasteiger partial charge in [-0.05, 0) is 31.1 Å². The maximum absolute atomic E-state index is 10.9. The van der Waals surface area contributed by atoms with Crippen molar-refractivity contribution < 1.29 is 4.92 Å². The number of nitrogens with zero attached hydrogens (tertiary/aromatic N) is 3. The van der Waals surface area contributed by atoms with Crippen LogP contribution in [0.4, 0.5) is 5.82 Å². The van der Waals surface area contributed by atoms with Crippen LogP contribution in [0.3, 0.4) is 0 Å². The largest absolute Gasteiger partial charge is 0.358 e. The lowest BCUT2D eigenvalue weighted by Gasteiger charge is -2.05. The van der Waals surface area contributed by atoms with E-state index in [0.717, 1.165) is 5.56 Å². The summed E-state index contributed by atoms with van der Waals surface area (Å²) in [7, 11) is 0. The molecule has 84 valence electrons. The molecule has 0 aliphatic heterocycles. The van der Waals surface area contributed by atoms with E-state index in [0.29, 0.717) is 12.3 Å². The molecule has 1 heterocycles. The molecule has 0 fully saturated rings. The molecule has 0 aliphatic rings. The van der Waals surface area contributed by atoms with Gasteiger partial charge in [0.25, 0.3) is 0 Å². The Hall–Kier alpha value is -1.39. The highest BCUT2D eigenvalue weighted by Crippen LogP contribution is 2.24. The Bertz CT molecular complexity index is 356. The zero-order valence-corrected chi connectivity index (χ0v) is 9.60. The van der Waals surface area contributed by atoms with Gasteiger partial charge in [-0.15, -0.1) is 4.68 Å². The molecule has 15 heavy (non-hydrogen) atoms. The molecule has 0 atom stereocenters. The van der Waals surface area contributed by atoms with E-state index in [9.17, 15) is 10.1 Å². The smallest absolute Gasteiger partial charge is 0.348 e. The molecule has 0 bridgehead atoms. The molecule has 0 unspecified atom stereocenters. The number of nitro groups is 1. The SMILES string of the molecule is CC(C)Cc1cnn(C(C)C)c1[N+](=O)[O-]. The zero-order chi connectivity index (χ0) is 11.6. The van der Waals surface area contributed by atoms with Gasteiger partial charge in [-0.3, -0.25) is 0 Å². The van der Waals surface area contributed by atoms with Crippen LogP contribution in [0, 0.1) is 16.0 Å². The number of rotatable bonds is 4. The molecule has 1 rings (SSSR count). The minimum absolute atomic E-state index is 0.0197. The maximum atomic E-state index is 10.9. The van der Waals surface area contributed by atoms with Crippen molar-refractivity contribution >= 4 is 5.82 Å². The maximum Gasteiger partial charge on any atom is 0.348 e. The Kier molecular flexibility index (Phi) is 3.44. The second-order valence-electron chi connectivity index (χ2n) is 4.39. The molecule has 0 aliphatic carbocycles. The van der Waals surface area contributed by atoms with Crippen molar-refractivity contribution in [1.82, 2.24) is 9.78 Å². The first-order chi connectivity index (χ1) is 6.93. The molecule has 0 N–H and O–H groups in total. The summed E-state index contributed by atoms with van der Waals surface area (Å²) in [6.45, 7) is 7.85. The second kappa shape index (κ2) is 4.42. The van der Waals surface area contributed by atoms with Crippen LogP contribution < -0.4 is 0 Å². The minimum Gasteiger partial charge on any atom is -0.358 e. The fourth-order valence-corrected chi connectivity index (χ4v) is 1.55. The van der Waals surface area contributed by atoms with Crippen molar-refractivity contribution in [3.05, 3.63) is 21.9 Å². The summed E-state index contributed by atoms with van der Waals surface area (Å²) < 4.78 is 1.47. The number of aromatic nitrogens is 2. The summed E-state index contributed by atoms with van der Waals surface area (Å²) in [5.74, 6) is 0.534. The first-order valence-electron chi connectivity index (χ1n) is 5.14. The average Bonchev–Trinajstić information content (AvgIpc) is 2.46. The van der Waals surface area contributed by atoms with E-state index < -0.39 is 0 Å². The van der Waals surface area contributed by atoms with Crippen LogP contribution in [0.5, 0.6) is 0 Å². The third kappa shape index (κ3) is 2.55. The molecule has 0 saturated carbocycles. The highest BCUT2D eigenvalue weighted by atomic mass is 16.6. The van der Waals surface area contributed by atoms with E-state index in [1.807, 2.05) is 27.7 Å². The first-order valence-corrected chi connectivity index (χ1v) is 5.14. The standard InChI is InChI=1S/C10H17N3O2/c1-7(2)5-9-6-11-12(8(3)4)10(9)13(14)15/h6-8H,5H2,1-4H3. The van der Waals surface area contributed by atoms with E-state index in [4.69, 9.17) is 0 Å². The molecule has 0 aromatic carbocycles. The van der Waals surface area contributed by atoms with Crippen LogP contribution in [0.2, 0.25) is 0 Å². The lowest BCUT2D eigenvalue weighted by molar-refractivity contribution is -0.393. The highest BCUT2D eigenvalue weighted by molar-refractivity contribution is 5.32. The molecule has 0 saturated heterocycles. The normalized spacial score (nSPS) is 11.3. The molecule has 5 heteroatoms. The number of hydrogen-bond acceptors (Lipinski definition) is 3. The Morgan fingerprint density at radius 1 is 1.47 bits per heavy atom. The van der Waals surface area contributed by atoms with Gasteiger partial charge in [-0.2, -0.15) is 0 Å². The van der Waals surface area contributed by atoms with E-state index in [1.165, 1.54) is 4.68 Å². The van der Waals surface area contributed by atoms with Crippen molar-refractivity contribution in [2.45, 2.75) is 40.2 Å². The van der Waals surface area contributed by atoms with Crippen LogP contribution in [0.1, 0.15) is 39.3 Å². The van der Waals surface area contributed by atoms with E-state index in [-0.39, 0.29) is 16.8 Å². The van der Waals surface area contributed by atoms with Gasteiger partial charge < -0.3 is 10.1 Å². The molecule has 5 nitrogen and oxygen atoms in total. The summed E-state index contributed by atoms with van der Waals surface area (Å²) in [5.41, 5.74) is 0.726. The quantitative estimate of drug-likeness (QED) is 0.568. The Balaban J connectivity index is 3.12. The van der Waals surface area contributed by atoms with Crippen molar-refractivity contribution in [3.8, 4) is 0 Å². The van der Waals surface area contributed by atoms with Gasteiger partial charge in [-0.25, -0.2) is 0 Å². The van der Waals surface area contributed by atoms with Gasteiger partial charge in [0, 0.05) is 0 Å². The predicted octanol–water partition coefficient (Wildman–Crippen LogP) is 2.57. The third-order valence-electron chi connectivity index (χ3n) is 2.13. The Morgan fingerprint density at radius 2 is 2.07 bits per heavy atom. The molecular weight excluding hydrogens is 194 g/mol. The average molecular weight is 211 g/mol. The fourth-order valence-electron chi connectivity index (χ4n) is 1.55. The van der Waals surface area contributed by atoms with Crippen molar-refractivity contribution in [3.63, 3.8) is 0 Å². The van der Waals surface area contributed by atoms with Gasteiger partial charge in [0.05, 0.1) is 11.8 Å². The monoisotopic (exact) mass is 211 g/mol. The fraction of sp³-hybridized carbons (Fsp3) is 0.700. The topological polar surface area (TPSA) is 61.0 Å². The minimum atomic E-state index is -0.343.